The molecule has 0 saturated carbocycles. The summed E-state index contributed by atoms with van der Waals surface area (Å²) in [5.41, 5.74) is 10.4. The van der Waals surface area contributed by atoms with Gasteiger partial charge in [-0.25, -0.2) is 0 Å². The molecule has 0 saturated heterocycles. The van der Waals surface area contributed by atoms with Crippen LogP contribution in [0.1, 0.15) is 5.56 Å². The maximum atomic E-state index is 6.08. The van der Waals surface area contributed by atoms with Crippen molar-refractivity contribution in [2.75, 3.05) is 23.0 Å². The summed E-state index contributed by atoms with van der Waals surface area (Å²) in [5, 5.41) is 7.64. The van der Waals surface area contributed by atoms with Crippen LogP contribution in [0, 0.1) is 5.92 Å². The van der Waals surface area contributed by atoms with Gasteiger partial charge in [-0.05, 0) is 30.3 Å². The number of nitrogens with two attached hydrogens (primary N) is 1. The highest BCUT2D eigenvalue weighted by Crippen LogP contribution is 2.40. The van der Waals surface area contributed by atoms with Gasteiger partial charge in [-0.3, -0.25) is 5.01 Å². The van der Waals surface area contributed by atoms with E-state index in [1.807, 2.05) is 48.2 Å². The van der Waals surface area contributed by atoms with Crippen molar-refractivity contribution in [2.24, 2.45) is 11.0 Å². The summed E-state index contributed by atoms with van der Waals surface area (Å²) >= 11 is 7.79. The first-order chi connectivity index (χ1) is 10.2. The lowest BCUT2D eigenvalue weighted by atomic mass is 9.98. The second-order valence-corrected chi connectivity index (χ2v) is 6.74. The molecular formula is C16H14ClN3S. The quantitative estimate of drug-likeness (QED) is 0.812. The Labute approximate surface area is 132 Å². The number of hydrogen-bond acceptors (Lipinski definition) is 4. The van der Waals surface area contributed by atoms with E-state index < -0.39 is 0 Å². The van der Waals surface area contributed by atoms with Gasteiger partial charge >= 0.3 is 0 Å². The van der Waals surface area contributed by atoms with E-state index in [0.29, 0.717) is 5.92 Å². The van der Waals surface area contributed by atoms with Crippen LogP contribution in [-0.4, -0.2) is 18.0 Å². The number of nitrogen functional groups attached to an aromatic ring is 1. The fraction of sp³-hybridized carbons (Fsp3) is 0.188. The minimum atomic E-state index is 0.458. The minimum absolute atomic E-state index is 0.458. The summed E-state index contributed by atoms with van der Waals surface area (Å²) in [4.78, 5) is 1.17. The molecule has 21 heavy (non-hydrogen) atoms. The molecule has 0 spiro atoms. The van der Waals surface area contributed by atoms with Crippen molar-refractivity contribution in [3.8, 4) is 0 Å². The largest absolute Gasteiger partial charge is 0.398 e. The van der Waals surface area contributed by atoms with Crippen LogP contribution in [0.15, 0.2) is 52.5 Å². The zero-order valence-electron chi connectivity index (χ0n) is 11.3. The summed E-state index contributed by atoms with van der Waals surface area (Å²) in [6.07, 6.45) is 0. The minimum Gasteiger partial charge on any atom is -0.398 e. The van der Waals surface area contributed by atoms with E-state index in [1.165, 1.54) is 10.5 Å². The lowest BCUT2D eigenvalue weighted by Crippen LogP contribution is -2.24. The molecule has 0 radical (unpaired) electrons. The summed E-state index contributed by atoms with van der Waals surface area (Å²) in [6.45, 7) is 0.915. The molecule has 2 aliphatic rings. The SMILES string of the molecule is Nc1cccc2c1SCC1CN(c3ccc(Cl)cc3)N=C21. The smallest absolute Gasteiger partial charge is 0.0751 e. The van der Waals surface area contributed by atoms with Crippen LogP contribution in [0.4, 0.5) is 11.4 Å². The molecule has 2 aliphatic heterocycles. The van der Waals surface area contributed by atoms with Crippen molar-refractivity contribution < 1.29 is 0 Å². The average molecular weight is 316 g/mol. The molecule has 2 heterocycles. The molecule has 2 N–H and O–H groups in total. The predicted molar refractivity (Wildman–Crippen MR) is 90.4 cm³/mol. The number of hydrazone groups is 1. The van der Waals surface area contributed by atoms with Gasteiger partial charge in [0.1, 0.15) is 0 Å². The number of anilines is 2. The summed E-state index contributed by atoms with van der Waals surface area (Å²) < 4.78 is 0. The van der Waals surface area contributed by atoms with E-state index >= 15 is 0 Å². The monoisotopic (exact) mass is 315 g/mol. The molecule has 0 amide bonds. The number of thioether (sulfide) groups is 1. The maximum Gasteiger partial charge on any atom is 0.0751 e. The Bertz CT molecular complexity index is 727. The Hall–Kier alpha value is -1.65. The van der Waals surface area contributed by atoms with Crippen molar-refractivity contribution in [3.05, 3.63) is 53.1 Å². The fourth-order valence-electron chi connectivity index (χ4n) is 2.83. The lowest BCUT2D eigenvalue weighted by Gasteiger charge is -2.22. The molecular weight excluding hydrogens is 302 g/mol. The molecule has 0 aromatic heterocycles. The van der Waals surface area contributed by atoms with E-state index in [2.05, 4.69) is 11.1 Å². The first-order valence-corrected chi connectivity index (χ1v) is 8.22. The van der Waals surface area contributed by atoms with Crippen molar-refractivity contribution in [3.63, 3.8) is 0 Å². The van der Waals surface area contributed by atoms with Gasteiger partial charge < -0.3 is 5.73 Å². The third kappa shape index (κ3) is 2.19. The summed E-state index contributed by atoms with van der Waals surface area (Å²) in [6, 6.07) is 13.9. The van der Waals surface area contributed by atoms with Gasteiger partial charge in [-0.1, -0.05) is 23.7 Å². The van der Waals surface area contributed by atoms with E-state index in [4.69, 9.17) is 22.4 Å². The van der Waals surface area contributed by atoms with Crippen LogP contribution in [0.5, 0.6) is 0 Å². The highest BCUT2D eigenvalue weighted by molar-refractivity contribution is 7.99. The van der Waals surface area contributed by atoms with Crippen molar-refractivity contribution >= 4 is 40.4 Å². The number of benzene rings is 2. The summed E-state index contributed by atoms with van der Waals surface area (Å²) in [7, 11) is 0. The number of rotatable bonds is 1. The molecule has 0 aliphatic carbocycles. The third-order valence-corrected chi connectivity index (χ3v) is 5.45. The van der Waals surface area contributed by atoms with Crippen LogP contribution in [0.3, 0.4) is 0 Å². The van der Waals surface area contributed by atoms with Crippen molar-refractivity contribution in [1.82, 2.24) is 0 Å². The Morgan fingerprint density at radius 1 is 1.19 bits per heavy atom. The van der Waals surface area contributed by atoms with Gasteiger partial charge in [0, 0.05) is 32.8 Å². The predicted octanol–water partition coefficient (Wildman–Crippen LogP) is 3.87. The van der Waals surface area contributed by atoms with Gasteiger partial charge in [0.15, 0.2) is 0 Å². The van der Waals surface area contributed by atoms with Crippen LogP contribution >= 0.6 is 23.4 Å². The molecule has 0 bridgehead atoms. The highest BCUT2D eigenvalue weighted by Gasteiger charge is 2.33. The van der Waals surface area contributed by atoms with Crippen LogP contribution in [0.2, 0.25) is 5.02 Å². The normalized spacial score (nSPS) is 20.0. The first kappa shape index (κ1) is 13.0. The Kier molecular flexibility index (Phi) is 3.08. The van der Waals surface area contributed by atoms with Crippen molar-refractivity contribution in [1.29, 1.82) is 0 Å². The molecule has 0 fully saturated rings. The van der Waals surface area contributed by atoms with Crippen LogP contribution < -0.4 is 10.7 Å². The third-order valence-electron chi connectivity index (χ3n) is 3.88. The standard InChI is InChI=1S/C16H14ClN3S/c17-11-4-6-12(7-5-11)20-8-10-9-21-16-13(15(10)19-20)2-1-3-14(16)18/h1-7,10H,8-9,18H2. The Morgan fingerprint density at radius 3 is 2.81 bits per heavy atom. The molecule has 1 unspecified atom stereocenters. The topological polar surface area (TPSA) is 41.6 Å². The zero-order chi connectivity index (χ0) is 14.4. The van der Waals surface area contributed by atoms with Crippen molar-refractivity contribution in [2.45, 2.75) is 4.90 Å². The van der Waals surface area contributed by atoms with Gasteiger partial charge in [-0.15, -0.1) is 11.8 Å². The molecule has 3 nitrogen and oxygen atoms in total. The van der Waals surface area contributed by atoms with Crippen LogP contribution in [0.25, 0.3) is 0 Å². The van der Waals surface area contributed by atoms with Gasteiger partial charge in [0.2, 0.25) is 0 Å². The molecule has 1 atom stereocenters. The highest BCUT2D eigenvalue weighted by atomic mass is 35.5. The molecule has 2 aromatic carbocycles. The number of nitrogens with zero attached hydrogens (tertiary/aromatic N) is 2. The summed E-state index contributed by atoms with van der Waals surface area (Å²) in [5.74, 6) is 1.49. The Balaban J connectivity index is 1.74. The molecule has 4 rings (SSSR count). The Morgan fingerprint density at radius 2 is 2.00 bits per heavy atom. The molecule has 5 heteroatoms. The number of fused-ring (bicyclic) bond motifs is 3. The van der Waals surface area contributed by atoms with Crippen LogP contribution in [-0.2, 0) is 0 Å². The van der Waals surface area contributed by atoms with E-state index in [1.54, 1.807) is 0 Å². The second kappa shape index (κ2) is 4.97. The average Bonchev–Trinajstić information content (AvgIpc) is 2.93. The van der Waals surface area contributed by atoms with Gasteiger partial charge in [-0.2, -0.15) is 5.10 Å². The van der Waals surface area contributed by atoms with Gasteiger partial charge in [0.05, 0.1) is 17.9 Å². The first-order valence-electron chi connectivity index (χ1n) is 6.85. The van der Waals surface area contributed by atoms with E-state index in [-0.39, 0.29) is 0 Å². The number of halogens is 1. The van der Waals surface area contributed by atoms with E-state index in [9.17, 15) is 0 Å². The number of hydrogen-bond donors (Lipinski definition) is 1. The van der Waals surface area contributed by atoms with Gasteiger partial charge in [0.25, 0.3) is 0 Å². The second-order valence-electron chi connectivity index (χ2n) is 5.28. The van der Waals surface area contributed by atoms with E-state index in [0.717, 1.165) is 34.4 Å². The zero-order valence-corrected chi connectivity index (χ0v) is 12.9. The molecule has 106 valence electrons. The lowest BCUT2D eigenvalue weighted by molar-refractivity contribution is 0.781. The fourth-order valence-corrected chi connectivity index (χ4v) is 4.15. The maximum absolute atomic E-state index is 6.08. The molecule has 2 aromatic rings.